The van der Waals surface area contributed by atoms with E-state index in [1.54, 1.807) is 6.92 Å². The van der Waals surface area contributed by atoms with Gasteiger partial charge in [-0.3, -0.25) is 4.79 Å². The lowest BCUT2D eigenvalue weighted by Crippen LogP contribution is -2.47. The van der Waals surface area contributed by atoms with Gasteiger partial charge in [-0.05, 0) is 31.4 Å². The Kier molecular flexibility index (Phi) is 5.37. The maximum Gasteiger partial charge on any atom is 0.475 e. The molecule has 18 heavy (non-hydrogen) atoms. The van der Waals surface area contributed by atoms with Gasteiger partial charge < -0.3 is 15.4 Å². The second-order valence-electron chi connectivity index (χ2n) is 4.58. The average Bonchev–Trinajstić information content (AvgIpc) is 2.30. The van der Waals surface area contributed by atoms with Crippen LogP contribution in [-0.4, -0.2) is 29.0 Å². The lowest BCUT2D eigenvalue weighted by molar-refractivity contribution is -0.121. The van der Waals surface area contributed by atoms with E-state index in [9.17, 15) is 14.8 Å². The highest BCUT2D eigenvalue weighted by atomic mass is 16.4. The maximum atomic E-state index is 11.3. The van der Waals surface area contributed by atoms with Gasteiger partial charge in [0.15, 0.2) is 0 Å². The first kappa shape index (κ1) is 14.7. The Hall–Kier alpha value is -1.33. The molecule has 3 N–H and O–H groups in total. The van der Waals surface area contributed by atoms with Crippen molar-refractivity contribution in [2.45, 2.75) is 39.6 Å². The number of carbonyl (C=O) groups is 1. The van der Waals surface area contributed by atoms with Crippen LogP contribution >= 0.6 is 0 Å². The van der Waals surface area contributed by atoms with Crippen LogP contribution in [-0.2, 0) is 11.2 Å². The van der Waals surface area contributed by atoms with Crippen molar-refractivity contribution in [1.82, 2.24) is 5.32 Å². The van der Waals surface area contributed by atoms with Gasteiger partial charge in [0.25, 0.3) is 0 Å². The molecule has 0 aromatic heterocycles. The highest BCUT2D eigenvalue weighted by Gasteiger charge is 2.25. The topological polar surface area (TPSA) is 69.6 Å². The molecular formula is C13H20BNO3. The van der Waals surface area contributed by atoms with Crippen molar-refractivity contribution in [1.29, 1.82) is 0 Å². The standard InChI is InChI=1S/C13H20BNO3/c1-4-13(16)15-12(14(17)18)8-11-6-5-9(2)7-10(11)3/h5-7,12,17-18H,4,8H2,1-3H3,(H,15,16)/t12-/m0/s1. The SMILES string of the molecule is CCC(=O)N[C@@H](Cc1ccc(C)cc1C)B(O)O. The van der Waals surface area contributed by atoms with Crippen molar-refractivity contribution in [3.63, 3.8) is 0 Å². The number of aryl methyl sites for hydroxylation is 2. The van der Waals surface area contributed by atoms with E-state index in [1.807, 2.05) is 32.0 Å². The molecule has 1 amide bonds. The van der Waals surface area contributed by atoms with E-state index < -0.39 is 13.1 Å². The summed E-state index contributed by atoms with van der Waals surface area (Å²) in [4.78, 5) is 11.3. The first-order valence-corrected chi connectivity index (χ1v) is 6.15. The second kappa shape index (κ2) is 6.57. The predicted octanol–water partition coefficient (Wildman–Crippen LogP) is 0.753. The van der Waals surface area contributed by atoms with Gasteiger partial charge in [0, 0.05) is 6.42 Å². The summed E-state index contributed by atoms with van der Waals surface area (Å²) in [5.74, 6) is -0.850. The Labute approximate surface area is 108 Å². The average molecular weight is 249 g/mol. The van der Waals surface area contributed by atoms with E-state index in [4.69, 9.17) is 0 Å². The molecule has 0 unspecified atom stereocenters. The molecule has 0 heterocycles. The molecule has 98 valence electrons. The number of hydrogen-bond donors (Lipinski definition) is 3. The first-order chi connectivity index (χ1) is 8.43. The van der Waals surface area contributed by atoms with E-state index in [2.05, 4.69) is 5.32 Å². The van der Waals surface area contributed by atoms with Crippen molar-refractivity contribution < 1.29 is 14.8 Å². The van der Waals surface area contributed by atoms with Gasteiger partial charge in [0.1, 0.15) is 0 Å². The Balaban J connectivity index is 2.80. The molecule has 0 spiro atoms. The van der Waals surface area contributed by atoms with Crippen molar-refractivity contribution in [2.24, 2.45) is 0 Å². The number of rotatable bonds is 5. The monoisotopic (exact) mass is 249 g/mol. The van der Waals surface area contributed by atoms with Gasteiger partial charge in [-0.1, -0.05) is 30.7 Å². The summed E-state index contributed by atoms with van der Waals surface area (Å²) in [5.41, 5.74) is 3.26. The minimum atomic E-state index is -1.55. The molecule has 1 aromatic rings. The summed E-state index contributed by atoms with van der Waals surface area (Å²) in [6, 6.07) is 5.97. The summed E-state index contributed by atoms with van der Waals surface area (Å²) in [6.07, 6.45) is 0.742. The zero-order chi connectivity index (χ0) is 13.7. The van der Waals surface area contributed by atoms with Crippen LogP contribution in [0.25, 0.3) is 0 Å². The number of amides is 1. The Morgan fingerprint density at radius 1 is 1.39 bits per heavy atom. The van der Waals surface area contributed by atoms with E-state index in [-0.39, 0.29) is 5.91 Å². The van der Waals surface area contributed by atoms with Crippen LogP contribution in [0.1, 0.15) is 30.0 Å². The van der Waals surface area contributed by atoms with Crippen LogP contribution in [0.15, 0.2) is 18.2 Å². The van der Waals surface area contributed by atoms with Crippen molar-refractivity contribution in [2.75, 3.05) is 0 Å². The number of carbonyl (C=O) groups excluding carboxylic acids is 1. The fraction of sp³-hybridized carbons (Fsp3) is 0.462. The van der Waals surface area contributed by atoms with Gasteiger partial charge in [-0.15, -0.1) is 0 Å². The molecule has 5 heteroatoms. The first-order valence-electron chi connectivity index (χ1n) is 6.15. The second-order valence-corrected chi connectivity index (χ2v) is 4.58. The third-order valence-electron chi connectivity index (χ3n) is 2.97. The van der Waals surface area contributed by atoms with Crippen LogP contribution in [0.2, 0.25) is 0 Å². The Morgan fingerprint density at radius 3 is 2.56 bits per heavy atom. The Morgan fingerprint density at radius 2 is 2.06 bits per heavy atom. The fourth-order valence-corrected chi connectivity index (χ4v) is 1.85. The quantitative estimate of drug-likeness (QED) is 0.674. The highest BCUT2D eigenvalue weighted by molar-refractivity contribution is 6.43. The number of nitrogens with one attached hydrogen (secondary N) is 1. The van der Waals surface area contributed by atoms with Gasteiger partial charge >= 0.3 is 7.12 Å². The van der Waals surface area contributed by atoms with Crippen LogP contribution < -0.4 is 5.32 Å². The molecule has 1 aromatic carbocycles. The Bertz CT molecular complexity index is 421. The molecule has 0 aliphatic carbocycles. The highest BCUT2D eigenvalue weighted by Crippen LogP contribution is 2.13. The summed E-state index contributed by atoms with van der Waals surface area (Å²) in [6.45, 7) is 5.71. The predicted molar refractivity (Wildman–Crippen MR) is 72.0 cm³/mol. The summed E-state index contributed by atoms with van der Waals surface area (Å²) in [5, 5.41) is 21.2. The number of hydrogen-bond acceptors (Lipinski definition) is 3. The lowest BCUT2D eigenvalue weighted by atomic mass is 9.75. The molecular weight excluding hydrogens is 229 g/mol. The fourth-order valence-electron chi connectivity index (χ4n) is 1.85. The van der Waals surface area contributed by atoms with E-state index in [0.29, 0.717) is 12.8 Å². The summed E-state index contributed by atoms with van der Waals surface area (Å²) in [7, 11) is -1.55. The molecule has 1 rings (SSSR count). The molecule has 0 bridgehead atoms. The zero-order valence-corrected chi connectivity index (χ0v) is 11.1. The lowest BCUT2D eigenvalue weighted by Gasteiger charge is -2.18. The summed E-state index contributed by atoms with van der Waals surface area (Å²) < 4.78 is 0. The van der Waals surface area contributed by atoms with Crippen molar-refractivity contribution >= 4 is 13.0 Å². The van der Waals surface area contributed by atoms with Crippen LogP contribution in [0, 0.1) is 13.8 Å². The number of benzene rings is 1. The molecule has 0 radical (unpaired) electrons. The van der Waals surface area contributed by atoms with Gasteiger partial charge in [-0.25, -0.2) is 0 Å². The smallest absolute Gasteiger partial charge is 0.426 e. The molecule has 4 nitrogen and oxygen atoms in total. The molecule has 0 fully saturated rings. The van der Waals surface area contributed by atoms with Gasteiger partial charge in [0.05, 0.1) is 5.94 Å². The minimum absolute atomic E-state index is 0.183. The van der Waals surface area contributed by atoms with Crippen LogP contribution in [0.4, 0.5) is 0 Å². The zero-order valence-electron chi connectivity index (χ0n) is 11.1. The minimum Gasteiger partial charge on any atom is -0.426 e. The van der Waals surface area contributed by atoms with Crippen molar-refractivity contribution in [3.05, 3.63) is 34.9 Å². The van der Waals surface area contributed by atoms with Crippen LogP contribution in [0.3, 0.4) is 0 Å². The van der Waals surface area contributed by atoms with E-state index in [1.165, 1.54) is 0 Å². The molecule has 0 saturated carbocycles. The molecule has 0 aliphatic heterocycles. The molecule has 0 aliphatic rings. The summed E-state index contributed by atoms with van der Waals surface area (Å²) >= 11 is 0. The van der Waals surface area contributed by atoms with Gasteiger partial charge in [-0.2, -0.15) is 0 Å². The van der Waals surface area contributed by atoms with E-state index in [0.717, 1.165) is 16.7 Å². The largest absolute Gasteiger partial charge is 0.475 e. The molecule has 1 atom stereocenters. The van der Waals surface area contributed by atoms with Gasteiger partial charge in [0.2, 0.25) is 5.91 Å². The third-order valence-corrected chi connectivity index (χ3v) is 2.97. The normalized spacial score (nSPS) is 12.1. The maximum absolute atomic E-state index is 11.3. The van der Waals surface area contributed by atoms with Crippen LogP contribution in [0.5, 0.6) is 0 Å². The van der Waals surface area contributed by atoms with Crippen molar-refractivity contribution in [3.8, 4) is 0 Å². The third kappa shape index (κ3) is 4.16. The van der Waals surface area contributed by atoms with E-state index >= 15 is 0 Å². The molecule has 0 saturated heterocycles.